The molecule has 4 rings (SSSR count). The maximum atomic E-state index is 12.6. The molecule has 2 aromatic carbocycles. The molecule has 2 aliphatic rings. The predicted molar refractivity (Wildman–Crippen MR) is 125 cm³/mol. The van der Waals surface area contributed by atoms with Crippen LogP contribution in [0, 0.1) is 0 Å². The monoisotopic (exact) mass is 488 g/mol. The normalized spacial score (nSPS) is 15.9. The largest absolute Gasteiger partial charge is 0.490 e. The zero-order valence-corrected chi connectivity index (χ0v) is 19.5. The Morgan fingerprint density at radius 2 is 1.82 bits per heavy atom. The highest BCUT2D eigenvalue weighted by Crippen LogP contribution is 2.31. The first kappa shape index (κ1) is 23.8. The van der Waals surface area contributed by atoms with Gasteiger partial charge in [0.2, 0.25) is 21.8 Å². The van der Waals surface area contributed by atoms with Crippen LogP contribution in [0.1, 0.15) is 18.4 Å². The van der Waals surface area contributed by atoms with Crippen LogP contribution in [0.3, 0.4) is 0 Å². The Labute approximate surface area is 198 Å². The van der Waals surface area contributed by atoms with Gasteiger partial charge >= 0.3 is 0 Å². The highest BCUT2D eigenvalue weighted by Gasteiger charge is 2.19. The van der Waals surface area contributed by atoms with Crippen molar-refractivity contribution in [2.75, 3.05) is 44.3 Å². The van der Waals surface area contributed by atoms with Crippen molar-refractivity contribution in [3.05, 3.63) is 48.0 Å². The summed E-state index contributed by atoms with van der Waals surface area (Å²) < 4.78 is 38.7. The number of amides is 2. The number of carbonyl (C=O) groups excluding carboxylic acids is 2. The van der Waals surface area contributed by atoms with Gasteiger partial charge in [0.25, 0.3) is 0 Å². The number of carbonyl (C=O) groups is 2. The topological polar surface area (TPSA) is 126 Å². The summed E-state index contributed by atoms with van der Waals surface area (Å²) in [7, 11) is -3.79. The third kappa shape index (κ3) is 6.17. The maximum Gasteiger partial charge on any atom is 0.240 e. The summed E-state index contributed by atoms with van der Waals surface area (Å²) >= 11 is 0. The van der Waals surface area contributed by atoms with Gasteiger partial charge in [0.1, 0.15) is 0 Å². The SMILES string of the molecule is O=C(CCNS(=O)(=O)c1ccc2c(c1)OCCCO2)NCc1ccc(N2CCNC(=O)C2)cc1. The van der Waals surface area contributed by atoms with Gasteiger partial charge in [-0.3, -0.25) is 9.59 Å². The second-order valence-corrected chi connectivity index (χ2v) is 9.79. The van der Waals surface area contributed by atoms with Gasteiger partial charge in [-0.2, -0.15) is 0 Å². The van der Waals surface area contributed by atoms with E-state index in [1.54, 1.807) is 6.07 Å². The molecule has 2 heterocycles. The van der Waals surface area contributed by atoms with E-state index in [0.29, 0.717) is 44.3 Å². The fourth-order valence-electron chi connectivity index (χ4n) is 3.67. The molecule has 1 fully saturated rings. The fraction of sp³-hybridized carbons (Fsp3) is 0.391. The number of benzene rings is 2. The van der Waals surface area contributed by atoms with E-state index in [1.807, 2.05) is 29.2 Å². The number of nitrogens with one attached hydrogen (secondary N) is 3. The Kier molecular flexibility index (Phi) is 7.53. The molecular formula is C23H28N4O6S. The standard InChI is InChI=1S/C23H28N4O6S/c28-22(25-15-17-2-4-18(5-3-17)27-11-10-24-23(29)16-27)8-9-26-34(30,31)19-6-7-20-21(14-19)33-13-1-12-32-20/h2-7,14,26H,1,8-13,15-16H2,(H,24,29)(H,25,28). The first-order valence-electron chi connectivity index (χ1n) is 11.2. The summed E-state index contributed by atoms with van der Waals surface area (Å²) in [5, 5.41) is 5.58. The second-order valence-electron chi connectivity index (χ2n) is 8.02. The van der Waals surface area contributed by atoms with Gasteiger partial charge in [-0.1, -0.05) is 12.1 Å². The lowest BCUT2D eigenvalue weighted by atomic mass is 10.2. The molecule has 0 aliphatic carbocycles. The van der Waals surface area contributed by atoms with Crippen molar-refractivity contribution in [1.82, 2.24) is 15.4 Å². The summed E-state index contributed by atoms with van der Waals surface area (Å²) in [6.07, 6.45) is 0.732. The van der Waals surface area contributed by atoms with Crippen LogP contribution >= 0.6 is 0 Å². The predicted octanol–water partition coefficient (Wildman–Crippen LogP) is 0.769. The van der Waals surface area contributed by atoms with Gasteiger partial charge in [0.05, 0.1) is 24.7 Å². The number of anilines is 1. The van der Waals surface area contributed by atoms with Crippen LogP contribution < -0.4 is 29.7 Å². The number of piperazine rings is 1. The highest BCUT2D eigenvalue weighted by atomic mass is 32.2. The third-order valence-corrected chi connectivity index (χ3v) is 6.96. The number of sulfonamides is 1. The molecule has 0 unspecified atom stereocenters. The lowest BCUT2D eigenvalue weighted by molar-refractivity contribution is -0.121. The molecule has 2 amide bonds. The summed E-state index contributed by atoms with van der Waals surface area (Å²) in [6, 6.07) is 12.1. The fourth-order valence-corrected chi connectivity index (χ4v) is 4.71. The number of nitrogens with zero attached hydrogens (tertiary/aromatic N) is 1. The molecule has 2 aliphatic heterocycles. The maximum absolute atomic E-state index is 12.6. The molecule has 0 radical (unpaired) electrons. The number of hydrogen-bond acceptors (Lipinski definition) is 7. The van der Waals surface area contributed by atoms with Crippen LogP contribution in [-0.4, -0.2) is 59.6 Å². The lowest BCUT2D eigenvalue weighted by Crippen LogP contribution is -2.47. The summed E-state index contributed by atoms with van der Waals surface area (Å²) in [4.78, 5) is 25.8. The molecule has 10 nitrogen and oxygen atoms in total. The van der Waals surface area contributed by atoms with E-state index in [1.165, 1.54) is 12.1 Å². The van der Waals surface area contributed by atoms with Crippen molar-refractivity contribution >= 4 is 27.5 Å². The van der Waals surface area contributed by atoms with Gasteiger partial charge in [-0.15, -0.1) is 0 Å². The molecule has 0 atom stereocenters. The highest BCUT2D eigenvalue weighted by molar-refractivity contribution is 7.89. The van der Waals surface area contributed by atoms with E-state index < -0.39 is 10.0 Å². The van der Waals surface area contributed by atoms with Gasteiger partial charge in [0, 0.05) is 50.8 Å². The van der Waals surface area contributed by atoms with Crippen LogP contribution in [0.2, 0.25) is 0 Å². The Balaban J connectivity index is 1.23. The van der Waals surface area contributed by atoms with Gasteiger partial charge < -0.3 is 25.0 Å². The first-order chi connectivity index (χ1) is 16.4. The zero-order valence-electron chi connectivity index (χ0n) is 18.7. The van der Waals surface area contributed by atoms with Crippen molar-refractivity contribution in [2.24, 2.45) is 0 Å². The third-order valence-electron chi connectivity index (χ3n) is 5.50. The average molecular weight is 489 g/mol. The number of fused-ring (bicyclic) bond motifs is 1. The average Bonchev–Trinajstić information content (AvgIpc) is 3.08. The Morgan fingerprint density at radius 3 is 2.59 bits per heavy atom. The lowest BCUT2D eigenvalue weighted by Gasteiger charge is -2.28. The molecule has 182 valence electrons. The Hall–Kier alpha value is -3.31. The van der Waals surface area contributed by atoms with E-state index >= 15 is 0 Å². The Morgan fingerprint density at radius 1 is 1.06 bits per heavy atom. The summed E-state index contributed by atoms with van der Waals surface area (Å²) in [5.41, 5.74) is 1.86. The van der Waals surface area contributed by atoms with Gasteiger partial charge in [-0.25, -0.2) is 13.1 Å². The van der Waals surface area contributed by atoms with E-state index in [4.69, 9.17) is 9.47 Å². The van der Waals surface area contributed by atoms with Crippen LogP contribution in [0.15, 0.2) is 47.4 Å². The molecule has 0 aromatic heterocycles. The van der Waals surface area contributed by atoms with E-state index in [0.717, 1.165) is 24.2 Å². The van der Waals surface area contributed by atoms with E-state index in [9.17, 15) is 18.0 Å². The second kappa shape index (κ2) is 10.7. The molecule has 2 aromatic rings. The van der Waals surface area contributed by atoms with E-state index in [2.05, 4.69) is 15.4 Å². The molecule has 1 saturated heterocycles. The van der Waals surface area contributed by atoms with Crippen molar-refractivity contribution in [3.8, 4) is 11.5 Å². The smallest absolute Gasteiger partial charge is 0.240 e. The number of ether oxygens (including phenoxy) is 2. The van der Waals surface area contributed by atoms with Crippen LogP contribution in [-0.2, 0) is 26.2 Å². The molecule has 0 spiro atoms. The Bertz CT molecular complexity index is 1140. The molecule has 34 heavy (non-hydrogen) atoms. The first-order valence-corrected chi connectivity index (χ1v) is 12.7. The van der Waals surface area contributed by atoms with E-state index in [-0.39, 0.29) is 29.7 Å². The van der Waals surface area contributed by atoms with Crippen molar-refractivity contribution in [2.45, 2.75) is 24.3 Å². The summed E-state index contributed by atoms with van der Waals surface area (Å²) in [6.45, 7) is 2.99. The zero-order chi connectivity index (χ0) is 24.0. The van der Waals surface area contributed by atoms with Crippen molar-refractivity contribution < 1.29 is 27.5 Å². The van der Waals surface area contributed by atoms with Crippen molar-refractivity contribution in [3.63, 3.8) is 0 Å². The number of hydrogen-bond donors (Lipinski definition) is 3. The summed E-state index contributed by atoms with van der Waals surface area (Å²) in [5.74, 6) is 0.652. The molecule has 0 saturated carbocycles. The molecule has 3 N–H and O–H groups in total. The molecule has 0 bridgehead atoms. The molecular weight excluding hydrogens is 460 g/mol. The van der Waals surface area contributed by atoms with Crippen LogP contribution in [0.4, 0.5) is 5.69 Å². The van der Waals surface area contributed by atoms with Gasteiger partial charge in [-0.05, 0) is 29.8 Å². The quantitative estimate of drug-likeness (QED) is 0.501. The number of rotatable bonds is 8. The van der Waals surface area contributed by atoms with Gasteiger partial charge in [0.15, 0.2) is 11.5 Å². The van der Waals surface area contributed by atoms with Crippen LogP contribution in [0.5, 0.6) is 11.5 Å². The van der Waals surface area contributed by atoms with Crippen LogP contribution in [0.25, 0.3) is 0 Å². The minimum absolute atomic E-state index is 0.00244. The van der Waals surface area contributed by atoms with Crippen molar-refractivity contribution in [1.29, 1.82) is 0 Å². The molecule has 11 heteroatoms. The minimum atomic E-state index is -3.79. The minimum Gasteiger partial charge on any atom is -0.490 e.